The first-order valence-corrected chi connectivity index (χ1v) is 26.5. The van der Waals surface area contributed by atoms with Crippen LogP contribution in [0.3, 0.4) is 0 Å². The molecule has 0 spiro atoms. The van der Waals surface area contributed by atoms with Crippen molar-refractivity contribution in [2.75, 3.05) is 12.3 Å². The molecule has 0 N–H and O–H groups in total. The molecule has 0 radical (unpaired) electrons. The molecule has 5 atom stereocenters. The van der Waals surface area contributed by atoms with Crippen molar-refractivity contribution in [2.24, 2.45) is 11.8 Å². The zero-order chi connectivity index (χ0) is 50.3. The van der Waals surface area contributed by atoms with Gasteiger partial charge >= 0.3 is 39.9 Å². The van der Waals surface area contributed by atoms with Crippen LogP contribution in [0.5, 0.6) is 0 Å². The lowest BCUT2D eigenvalue weighted by molar-refractivity contribution is -0.152. The molecule has 0 aliphatic rings. The summed E-state index contributed by atoms with van der Waals surface area (Å²) in [7, 11) is -4.29. The Morgan fingerprint density at radius 3 is 1.08 bits per heavy atom. The van der Waals surface area contributed by atoms with E-state index in [-0.39, 0.29) is 92.0 Å². The first-order valence-electron chi connectivity index (χ1n) is 23.7. The molecule has 0 saturated heterocycles. The molecule has 6 rings (SSSR count). The fraction of sp³-hybridized carbons (Fsp3) is 0.322. The maximum atomic E-state index is 13.0. The van der Waals surface area contributed by atoms with Gasteiger partial charge in [0.2, 0.25) is 0 Å². The van der Waals surface area contributed by atoms with E-state index in [0.717, 1.165) is 39.8 Å². The fourth-order valence-electron chi connectivity index (χ4n) is 6.99. The zero-order valence-corrected chi connectivity index (χ0v) is 41.8. The van der Waals surface area contributed by atoms with Crippen LogP contribution in [0.15, 0.2) is 182 Å². The van der Waals surface area contributed by atoms with Crippen LogP contribution in [0.4, 0.5) is 0 Å². The first-order chi connectivity index (χ1) is 34.6. The summed E-state index contributed by atoms with van der Waals surface area (Å²) >= 11 is 0. The van der Waals surface area contributed by atoms with E-state index in [9.17, 15) is 28.3 Å². The Bertz CT molecular complexity index is 2500. The molecule has 0 saturated carbocycles. The third-order valence-corrected chi connectivity index (χ3v) is 13.3. The molecule has 4 unspecified atom stereocenters. The largest absolute Gasteiger partial charge is 0.509 e. The van der Waals surface area contributed by atoms with Gasteiger partial charge in [-0.05, 0) is 61.8 Å². The molecule has 73 heavy (non-hydrogen) atoms. The number of hydrogen-bond acceptors (Lipinski definition) is 12. The van der Waals surface area contributed by atoms with E-state index in [2.05, 4.69) is 0 Å². The predicted molar refractivity (Wildman–Crippen MR) is 285 cm³/mol. The minimum Gasteiger partial charge on any atom is -0.461 e. The number of carbonyl (C=O) groups excluding carboxylic acids is 4. The maximum Gasteiger partial charge on any atom is 0.509 e. The van der Waals surface area contributed by atoms with Crippen LogP contribution in [0.2, 0.25) is 0 Å². The highest BCUT2D eigenvalue weighted by molar-refractivity contribution is 7.39. The number of carbonyl (C=O) groups is 4. The Balaban J connectivity index is 0.000000376. The second-order valence-corrected chi connectivity index (χ2v) is 19.1. The molecule has 0 fully saturated rings. The lowest BCUT2D eigenvalue weighted by Crippen LogP contribution is -2.22. The van der Waals surface area contributed by atoms with Crippen molar-refractivity contribution in [1.82, 2.24) is 0 Å². The van der Waals surface area contributed by atoms with Gasteiger partial charge in [0.15, 0.2) is 12.3 Å². The average Bonchev–Trinajstić information content (AvgIpc) is 3.41. The first kappa shape index (κ1) is 60.6. The summed E-state index contributed by atoms with van der Waals surface area (Å²) in [6, 6.07) is 56.4. The van der Waals surface area contributed by atoms with E-state index >= 15 is 0 Å². The van der Waals surface area contributed by atoms with Crippen LogP contribution in [-0.4, -0.2) is 36.2 Å². The van der Waals surface area contributed by atoms with E-state index in [1.165, 1.54) is 0 Å². The Kier molecular flexibility index (Phi) is 29.4. The van der Waals surface area contributed by atoms with E-state index < -0.39 is 51.8 Å². The van der Waals surface area contributed by atoms with Crippen molar-refractivity contribution in [2.45, 2.75) is 99.4 Å². The van der Waals surface area contributed by atoms with Gasteiger partial charge in [0, 0.05) is 12.8 Å². The molecule has 0 aliphatic carbocycles. The fourth-order valence-corrected chi connectivity index (χ4v) is 9.37. The molecule has 0 aliphatic heterocycles. The molecule has 12 nitrogen and oxygen atoms in total. The van der Waals surface area contributed by atoms with Gasteiger partial charge in [-0.2, -0.15) is 0 Å². The Labute approximate surface area is 433 Å². The predicted octanol–water partition coefficient (Wildman–Crippen LogP) is 14.3. The Hall–Kier alpha value is -6.68. The number of hydrogen-bond donors (Lipinski definition) is 0. The van der Waals surface area contributed by atoms with Crippen LogP contribution in [0.25, 0.3) is 0 Å². The highest BCUT2D eigenvalue weighted by Gasteiger charge is 2.35. The van der Waals surface area contributed by atoms with Gasteiger partial charge in [0.25, 0.3) is 0 Å². The van der Waals surface area contributed by atoms with Crippen LogP contribution in [0, 0.1) is 11.8 Å². The van der Waals surface area contributed by atoms with Crippen LogP contribution in [-0.2, 0) is 89.3 Å². The van der Waals surface area contributed by atoms with Gasteiger partial charge in [-0.25, -0.2) is 0 Å². The van der Waals surface area contributed by atoms with Crippen LogP contribution in [0.1, 0.15) is 99.8 Å². The van der Waals surface area contributed by atoms with Crippen LogP contribution >= 0.6 is 16.1 Å². The lowest BCUT2D eigenvalue weighted by atomic mass is 10.1. The van der Waals surface area contributed by atoms with Crippen molar-refractivity contribution in [3.8, 4) is 0 Å². The Morgan fingerprint density at radius 2 is 0.726 bits per heavy atom. The third-order valence-electron chi connectivity index (χ3n) is 10.9. The monoisotopic (exact) mass is 1030 g/mol. The highest BCUT2D eigenvalue weighted by Crippen LogP contribution is 2.38. The summed E-state index contributed by atoms with van der Waals surface area (Å²) in [4.78, 5) is 50.3. The van der Waals surface area contributed by atoms with E-state index in [1.807, 2.05) is 189 Å². The molecule has 386 valence electrons. The van der Waals surface area contributed by atoms with Crippen LogP contribution < -0.4 is 0 Å². The van der Waals surface area contributed by atoms with Gasteiger partial charge in [0.05, 0.1) is 0 Å². The number of ether oxygens (including phenoxy) is 4. The summed E-state index contributed by atoms with van der Waals surface area (Å²) < 4.78 is 58.6. The van der Waals surface area contributed by atoms with Crippen molar-refractivity contribution in [1.29, 1.82) is 0 Å². The summed E-state index contributed by atoms with van der Waals surface area (Å²) in [5, 5.41) is 0. The summed E-state index contributed by atoms with van der Waals surface area (Å²) in [6.07, 6.45) is 1.54. The second kappa shape index (κ2) is 35.4. The third kappa shape index (κ3) is 24.5. The molecule has 0 aromatic heterocycles. The standard InChI is InChI=1S/C30H34O6P.C27H28O6P.2CH4/c1-2-12-28(26-17-10-5-11-18-26)36-37(33)23-27(30(32)35-22-25-15-8-4-9-16-25)19-20-29(31)34-21-24-13-6-3-7-14-24;28-26(31-18-22-10-4-1-5-11-22)17-16-25(27(29)32-19-23-12-6-2-7-13-23)21-34(30)33-20-24-14-8-3-9-15-24;;/h3-11,13-18,27-28H,2,12,19-23H2,1H3;1-15,25H,16-21H2;2*1H4/q2*+1;;/t27?,28-;;;/m1.../s1. The summed E-state index contributed by atoms with van der Waals surface area (Å²) in [6.45, 7) is 2.76. The molecule has 0 amide bonds. The van der Waals surface area contributed by atoms with Gasteiger partial charge < -0.3 is 18.9 Å². The van der Waals surface area contributed by atoms with E-state index in [1.54, 1.807) is 0 Å². The molecular weight excluding hydrogens is 963 g/mol. The number of rotatable bonds is 28. The summed E-state index contributed by atoms with van der Waals surface area (Å²) in [5.74, 6) is -3.36. The van der Waals surface area contributed by atoms with Crippen molar-refractivity contribution < 1.29 is 56.3 Å². The van der Waals surface area contributed by atoms with Gasteiger partial charge in [-0.15, -0.1) is 9.05 Å². The quantitative estimate of drug-likeness (QED) is 0.0261. The maximum absolute atomic E-state index is 13.0. The number of esters is 4. The Morgan fingerprint density at radius 1 is 0.411 bits per heavy atom. The zero-order valence-electron chi connectivity index (χ0n) is 40.0. The molecule has 6 aromatic carbocycles. The topological polar surface area (TPSA) is 158 Å². The smallest absolute Gasteiger partial charge is 0.461 e. The molecular formula is C59H70O12P2+2. The van der Waals surface area contributed by atoms with Crippen molar-refractivity contribution >= 4 is 39.9 Å². The normalized spacial score (nSPS) is 12.1. The summed E-state index contributed by atoms with van der Waals surface area (Å²) in [5.41, 5.74) is 5.30. The molecule has 14 heteroatoms. The number of benzene rings is 6. The molecule has 0 heterocycles. The minimum absolute atomic E-state index is 0. The highest BCUT2D eigenvalue weighted by atomic mass is 31.1. The lowest BCUT2D eigenvalue weighted by Gasteiger charge is -2.14. The van der Waals surface area contributed by atoms with E-state index in [4.69, 9.17) is 28.0 Å². The van der Waals surface area contributed by atoms with Gasteiger partial charge in [-0.3, -0.25) is 19.2 Å². The van der Waals surface area contributed by atoms with Gasteiger partial charge in [-0.1, -0.05) is 210 Å². The van der Waals surface area contributed by atoms with Crippen molar-refractivity contribution in [3.05, 3.63) is 215 Å². The minimum atomic E-state index is -2.17. The molecule has 0 bridgehead atoms. The second-order valence-electron chi connectivity index (χ2n) is 16.5. The van der Waals surface area contributed by atoms with E-state index in [0.29, 0.717) is 6.42 Å². The molecule has 6 aromatic rings. The van der Waals surface area contributed by atoms with Crippen molar-refractivity contribution in [3.63, 3.8) is 0 Å². The SMILES string of the molecule is C.C.CCC[C@@H](O[P+](=O)CC(CCC(=O)OCc1ccccc1)C(=O)OCc1ccccc1)c1ccccc1.O=C(CCC(C[P+](=O)OCc1ccccc1)C(=O)OCc1ccccc1)OCc1ccccc1. The van der Waals surface area contributed by atoms with Gasteiger partial charge in [0.1, 0.15) is 51.0 Å². The average molecular weight is 1030 g/mol.